The molecule has 0 saturated heterocycles. The maximum absolute atomic E-state index is 12.3. The van der Waals surface area contributed by atoms with E-state index in [1.807, 2.05) is 12.1 Å². The van der Waals surface area contributed by atoms with Gasteiger partial charge in [-0.3, -0.25) is 10.1 Å². The van der Waals surface area contributed by atoms with E-state index in [9.17, 15) is 4.79 Å². The molecule has 2 aromatic rings. The van der Waals surface area contributed by atoms with Gasteiger partial charge in [-0.2, -0.15) is 0 Å². The number of amides is 1. The summed E-state index contributed by atoms with van der Waals surface area (Å²) >= 11 is 3.00. The summed E-state index contributed by atoms with van der Waals surface area (Å²) in [4.78, 5) is 12.3. The Bertz CT molecular complexity index is 718. The SMILES string of the molecule is CCSc1nnc(NC(=O)[C@@H](C)Oc2cccc3c2CCCC3)s1. The maximum Gasteiger partial charge on any atom is 0.266 e. The molecule has 1 atom stereocenters. The van der Waals surface area contributed by atoms with Gasteiger partial charge in [-0.15, -0.1) is 10.2 Å². The predicted octanol–water partition coefficient (Wildman–Crippen LogP) is 3.93. The highest BCUT2D eigenvalue weighted by atomic mass is 32.2. The summed E-state index contributed by atoms with van der Waals surface area (Å²) in [6.07, 6.45) is 3.94. The zero-order valence-corrected chi connectivity index (χ0v) is 15.5. The third-order valence-electron chi connectivity index (χ3n) is 3.93. The number of nitrogens with one attached hydrogen (secondary N) is 1. The third-order valence-corrected chi connectivity index (χ3v) is 5.78. The van der Waals surface area contributed by atoms with Gasteiger partial charge in [0.25, 0.3) is 5.91 Å². The van der Waals surface area contributed by atoms with Crippen molar-refractivity contribution in [3.8, 4) is 5.75 Å². The van der Waals surface area contributed by atoms with E-state index in [-0.39, 0.29) is 5.91 Å². The van der Waals surface area contributed by atoms with Crippen molar-refractivity contribution < 1.29 is 9.53 Å². The molecule has 7 heteroatoms. The number of carbonyl (C=O) groups is 1. The predicted molar refractivity (Wildman–Crippen MR) is 98.1 cm³/mol. The number of ether oxygens (including phenoxy) is 1. The number of thioether (sulfide) groups is 1. The van der Waals surface area contributed by atoms with E-state index in [1.165, 1.54) is 35.3 Å². The van der Waals surface area contributed by atoms with Crippen LogP contribution in [-0.4, -0.2) is 28.0 Å². The topological polar surface area (TPSA) is 64.1 Å². The number of carbonyl (C=O) groups excluding carboxylic acids is 1. The molecule has 1 N–H and O–H groups in total. The monoisotopic (exact) mass is 363 g/mol. The zero-order chi connectivity index (χ0) is 16.9. The minimum atomic E-state index is -0.579. The van der Waals surface area contributed by atoms with Crippen LogP contribution in [0.2, 0.25) is 0 Å². The molecule has 0 radical (unpaired) electrons. The van der Waals surface area contributed by atoms with Gasteiger partial charge in [-0.1, -0.05) is 42.2 Å². The summed E-state index contributed by atoms with van der Waals surface area (Å²) in [5.74, 6) is 1.56. The molecule has 24 heavy (non-hydrogen) atoms. The quantitative estimate of drug-likeness (QED) is 0.622. The summed E-state index contributed by atoms with van der Waals surface area (Å²) < 4.78 is 6.80. The van der Waals surface area contributed by atoms with Crippen molar-refractivity contribution >= 4 is 34.1 Å². The lowest BCUT2D eigenvalue weighted by molar-refractivity contribution is -0.122. The van der Waals surface area contributed by atoms with Gasteiger partial charge in [0.15, 0.2) is 10.4 Å². The van der Waals surface area contributed by atoms with Crippen LogP contribution in [0.15, 0.2) is 22.5 Å². The fourth-order valence-corrected chi connectivity index (χ4v) is 4.40. The van der Waals surface area contributed by atoms with E-state index in [0.717, 1.165) is 28.7 Å². The average Bonchev–Trinajstić information content (AvgIpc) is 3.02. The van der Waals surface area contributed by atoms with E-state index in [0.29, 0.717) is 5.13 Å². The second-order valence-electron chi connectivity index (χ2n) is 5.66. The molecule has 3 rings (SSSR count). The lowest BCUT2D eigenvalue weighted by Gasteiger charge is -2.21. The fraction of sp³-hybridized carbons (Fsp3) is 0.471. The molecular formula is C17H21N3O2S2. The molecule has 0 bridgehead atoms. The van der Waals surface area contributed by atoms with E-state index in [4.69, 9.17) is 4.74 Å². The number of hydrogen-bond acceptors (Lipinski definition) is 6. The number of nitrogens with zero attached hydrogens (tertiary/aromatic N) is 2. The highest BCUT2D eigenvalue weighted by Crippen LogP contribution is 2.30. The van der Waals surface area contributed by atoms with Crippen LogP contribution in [0.4, 0.5) is 5.13 Å². The molecule has 1 aromatic carbocycles. The number of hydrogen-bond donors (Lipinski definition) is 1. The van der Waals surface area contributed by atoms with Crippen LogP contribution in [0.1, 0.15) is 37.8 Å². The van der Waals surface area contributed by atoms with E-state index < -0.39 is 6.10 Å². The van der Waals surface area contributed by atoms with Crippen molar-refractivity contribution in [3.05, 3.63) is 29.3 Å². The van der Waals surface area contributed by atoms with Crippen LogP contribution >= 0.6 is 23.1 Å². The number of benzene rings is 1. The number of fused-ring (bicyclic) bond motifs is 1. The highest BCUT2D eigenvalue weighted by Gasteiger charge is 2.20. The minimum Gasteiger partial charge on any atom is -0.481 e. The summed E-state index contributed by atoms with van der Waals surface area (Å²) in [6.45, 7) is 3.82. The Balaban J connectivity index is 1.64. The van der Waals surface area contributed by atoms with E-state index in [2.05, 4.69) is 28.5 Å². The Morgan fingerprint density at radius 1 is 1.38 bits per heavy atom. The molecule has 1 heterocycles. The molecule has 1 aromatic heterocycles. The Hall–Kier alpha value is -1.60. The Morgan fingerprint density at radius 2 is 2.21 bits per heavy atom. The summed E-state index contributed by atoms with van der Waals surface area (Å²) in [5.41, 5.74) is 2.60. The highest BCUT2D eigenvalue weighted by molar-refractivity contribution is 8.01. The molecule has 1 aliphatic carbocycles. The molecule has 0 fully saturated rings. The second-order valence-corrected chi connectivity index (χ2v) is 8.15. The Morgan fingerprint density at radius 3 is 3.04 bits per heavy atom. The largest absolute Gasteiger partial charge is 0.481 e. The fourth-order valence-electron chi connectivity index (χ4n) is 2.75. The summed E-state index contributed by atoms with van der Waals surface area (Å²) in [7, 11) is 0. The maximum atomic E-state index is 12.3. The third kappa shape index (κ3) is 4.08. The van der Waals surface area contributed by atoms with Crippen molar-refractivity contribution in [3.63, 3.8) is 0 Å². The van der Waals surface area contributed by atoms with Crippen LogP contribution in [0.3, 0.4) is 0 Å². The molecule has 0 unspecified atom stereocenters. The van der Waals surface area contributed by atoms with Gasteiger partial charge < -0.3 is 4.74 Å². The van der Waals surface area contributed by atoms with Gasteiger partial charge in [0.2, 0.25) is 5.13 Å². The van der Waals surface area contributed by atoms with Crippen molar-refractivity contribution in [2.24, 2.45) is 0 Å². The smallest absolute Gasteiger partial charge is 0.266 e. The first-order valence-electron chi connectivity index (χ1n) is 8.22. The van der Waals surface area contributed by atoms with Crippen LogP contribution in [-0.2, 0) is 17.6 Å². The number of rotatable bonds is 6. The van der Waals surface area contributed by atoms with Gasteiger partial charge in [-0.05, 0) is 55.6 Å². The molecule has 0 aliphatic heterocycles. The van der Waals surface area contributed by atoms with Crippen molar-refractivity contribution in [1.82, 2.24) is 10.2 Å². The second kappa shape index (κ2) is 7.98. The normalized spacial score (nSPS) is 14.8. The van der Waals surface area contributed by atoms with Crippen LogP contribution in [0.25, 0.3) is 0 Å². The lowest BCUT2D eigenvalue weighted by Crippen LogP contribution is -2.30. The molecule has 1 amide bonds. The molecule has 0 saturated carbocycles. The molecular weight excluding hydrogens is 342 g/mol. The minimum absolute atomic E-state index is 0.201. The van der Waals surface area contributed by atoms with E-state index >= 15 is 0 Å². The number of aryl methyl sites for hydroxylation is 1. The summed E-state index contributed by atoms with van der Waals surface area (Å²) in [6, 6.07) is 6.11. The Kier molecular flexibility index (Phi) is 5.73. The van der Waals surface area contributed by atoms with Crippen LogP contribution in [0, 0.1) is 0 Å². The first-order chi connectivity index (χ1) is 11.7. The lowest BCUT2D eigenvalue weighted by atomic mass is 9.91. The first-order valence-corrected chi connectivity index (χ1v) is 10.0. The van der Waals surface area contributed by atoms with Gasteiger partial charge in [0.1, 0.15) is 5.75 Å². The Labute approximate surface area is 150 Å². The molecule has 1 aliphatic rings. The van der Waals surface area contributed by atoms with Crippen molar-refractivity contribution in [2.45, 2.75) is 50.0 Å². The van der Waals surface area contributed by atoms with Crippen molar-refractivity contribution in [2.75, 3.05) is 11.1 Å². The van der Waals surface area contributed by atoms with E-state index in [1.54, 1.807) is 18.7 Å². The summed E-state index contributed by atoms with van der Waals surface area (Å²) in [5, 5.41) is 11.3. The van der Waals surface area contributed by atoms with Crippen LogP contribution in [0.5, 0.6) is 5.75 Å². The first kappa shape index (κ1) is 17.2. The van der Waals surface area contributed by atoms with Gasteiger partial charge in [-0.25, -0.2) is 0 Å². The van der Waals surface area contributed by atoms with Crippen molar-refractivity contribution in [1.29, 1.82) is 0 Å². The van der Waals surface area contributed by atoms with Gasteiger partial charge in [0, 0.05) is 0 Å². The molecule has 5 nitrogen and oxygen atoms in total. The standard InChI is InChI=1S/C17H21N3O2S2/c1-3-23-17-20-19-16(24-17)18-15(21)11(2)22-14-10-6-8-12-7-4-5-9-13(12)14/h6,8,10-11H,3-5,7,9H2,1-2H3,(H,18,19,21)/t11-/m1/s1. The van der Waals surface area contributed by atoms with Gasteiger partial charge >= 0.3 is 0 Å². The average molecular weight is 364 g/mol. The number of aromatic nitrogens is 2. The molecule has 128 valence electrons. The zero-order valence-electron chi connectivity index (χ0n) is 13.9. The number of anilines is 1. The van der Waals surface area contributed by atoms with Gasteiger partial charge in [0.05, 0.1) is 0 Å². The van der Waals surface area contributed by atoms with Crippen LogP contribution < -0.4 is 10.1 Å². The molecule has 0 spiro atoms.